The van der Waals surface area contributed by atoms with Crippen molar-refractivity contribution in [1.82, 2.24) is 5.43 Å². The molecule has 1 saturated heterocycles. The molecule has 0 saturated carbocycles. The van der Waals surface area contributed by atoms with Crippen LogP contribution in [0.5, 0.6) is 5.75 Å². The minimum Gasteiger partial charge on any atom is -0.481 e. The number of rotatable bonds is 2. The summed E-state index contributed by atoms with van der Waals surface area (Å²) in [5.74, 6) is 0.294. The van der Waals surface area contributed by atoms with Gasteiger partial charge in [-0.25, -0.2) is 4.39 Å². The van der Waals surface area contributed by atoms with Crippen LogP contribution in [0, 0.1) is 12.7 Å². The Hall–Kier alpha value is -2.68. The maximum atomic E-state index is 13.5. The van der Waals surface area contributed by atoms with Crippen molar-refractivity contribution < 1.29 is 18.9 Å². The topological polar surface area (TPSA) is 67.2 Å². The fourth-order valence-corrected chi connectivity index (χ4v) is 5.23. The number of thioether (sulfide) groups is 1. The zero-order valence-corrected chi connectivity index (χ0v) is 16.8. The van der Waals surface area contributed by atoms with Crippen LogP contribution in [0.3, 0.4) is 0 Å². The van der Waals surface area contributed by atoms with E-state index >= 15 is 0 Å². The van der Waals surface area contributed by atoms with Crippen LogP contribution in [0.15, 0.2) is 53.3 Å². The summed E-state index contributed by atoms with van der Waals surface area (Å²) in [5.41, 5.74) is 8.39. The highest BCUT2D eigenvalue weighted by molar-refractivity contribution is 8.13. The normalized spacial score (nSPS) is 25.3. The Labute approximate surface area is 171 Å². The molecule has 0 radical (unpaired) electrons. The van der Waals surface area contributed by atoms with Gasteiger partial charge >= 0.3 is 0 Å². The van der Waals surface area contributed by atoms with Crippen molar-refractivity contribution >= 4 is 28.5 Å². The molecular weight excluding hydrogens is 391 g/mol. The number of aryl methyl sites for hydroxylation is 1. The molecule has 3 N–H and O–H groups in total. The van der Waals surface area contributed by atoms with E-state index in [0.29, 0.717) is 11.4 Å². The van der Waals surface area contributed by atoms with Crippen LogP contribution in [0.2, 0.25) is 0 Å². The number of hydrogen-bond donors (Lipinski definition) is 3. The molecule has 3 atom stereocenters. The van der Waals surface area contributed by atoms with Gasteiger partial charge in [-0.1, -0.05) is 18.2 Å². The number of nitrogens with one attached hydrogen (secondary N) is 3. The smallest absolute Gasteiger partial charge is 0.287 e. The van der Waals surface area contributed by atoms with Crippen LogP contribution < -0.4 is 20.5 Å². The fraction of sp³-hybridized carbons (Fsp3) is 0.238. The van der Waals surface area contributed by atoms with Gasteiger partial charge in [0, 0.05) is 6.92 Å². The van der Waals surface area contributed by atoms with Gasteiger partial charge in [-0.15, -0.1) is 5.43 Å². The molecule has 0 aromatic heterocycles. The number of hydrogen-bond acceptors (Lipinski definition) is 5. The molecule has 8 heteroatoms. The average Bonchev–Trinajstić information content (AvgIpc) is 3.07. The van der Waals surface area contributed by atoms with Gasteiger partial charge < -0.3 is 10.1 Å². The Morgan fingerprint density at radius 2 is 2.00 bits per heavy atom. The fourth-order valence-electron chi connectivity index (χ4n) is 3.90. The number of anilines is 1. The van der Waals surface area contributed by atoms with E-state index in [-0.39, 0.29) is 29.6 Å². The Morgan fingerprint density at radius 1 is 1.21 bits per heavy atom. The van der Waals surface area contributed by atoms with E-state index < -0.39 is 0 Å². The second-order valence-corrected chi connectivity index (χ2v) is 8.51. The second-order valence-electron chi connectivity index (χ2n) is 7.38. The van der Waals surface area contributed by atoms with Gasteiger partial charge in [-0.3, -0.25) is 4.79 Å². The first-order valence-electron chi connectivity index (χ1n) is 9.38. The van der Waals surface area contributed by atoms with Crippen LogP contribution in [0.4, 0.5) is 10.1 Å². The molecule has 3 unspecified atom stereocenters. The number of amides is 1. The highest BCUT2D eigenvalue weighted by Gasteiger charge is 2.42. The first kappa shape index (κ1) is 18.4. The van der Waals surface area contributed by atoms with Gasteiger partial charge in [-0.05, 0) is 53.6 Å². The summed E-state index contributed by atoms with van der Waals surface area (Å²) in [6.07, 6.45) is 1.86. The van der Waals surface area contributed by atoms with Crippen LogP contribution in [-0.4, -0.2) is 17.7 Å². The molecule has 3 heterocycles. The van der Waals surface area contributed by atoms with Crippen LogP contribution in [0.25, 0.3) is 0 Å². The van der Waals surface area contributed by atoms with Crippen molar-refractivity contribution in [3.05, 3.63) is 70.8 Å². The summed E-state index contributed by atoms with van der Waals surface area (Å²) in [6.45, 7) is 4.03. The van der Waals surface area contributed by atoms with Crippen molar-refractivity contribution in [2.45, 2.75) is 25.1 Å². The first-order chi connectivity index (χ1) is 14.0. The lowest BCUT2D eigenvalue weighted by molar-refractivity contribution is -0.815. The molecule has 3 aliphatic rings. The SMILES string of the molecule is CC1=CN=C2SC(c3cc(C)c4c(c3)NC(=O)CO4)C(c3ccc(F)cc3)N[NH+]12. The van der Waals surface area contributed by atoms with E-state index in [2.05, 4.69) is 21.8 Å². The number of fused-ring (bicyclic) bond motifs is 2. The van der Waals surface area contributed by atoms with E-state index in [1.165, 1.54) is 12.1 Å². The van der Waals surface area contributed by atoms with Gasteiger partial charge in [-0.2, -0.15) is 10.0 Å². The van der Waals surface area contributed by atoms with Crippen molar-refractivity contribution in [1.29, 1.82) is 0 Å². The zero-order valence-electron chi connectivity index (χ0n) is 16.0. The van der Waals surface area contributed by atoms with Gasteiger partial charge in [0.1, 0.15) is 17.3 Å². The minimum atomic E-state index is -0.259. The maximum absolute atomic E-state index is 13.5. The molecule has 0 spiro atoms. The third-order valence-corrected chi connectivity index (χ3v) is 6.63. The molecule has 1 fully saturated rings. The molecule has 2 aromatic carbocycles. The average molecular weight is 411 g/mol. The highest BCUT2D eigenvalue weighted by atomic mass is 32.2. The van der Waals surface area contributed by atoms with Gasteiger partial charge in [0.25, 0.3) is 11.1 Å². The number of allylic oxidation sites excluding steroid dienone is 1. The Balaban J connectivity index is 1.57. The Morgan fingerprint density at radius 3 is 2.79 bits per heavy atom. The maximum Gasteiger partial charge on any atom is 0.287 e. The number of nitrogens with zero attached hydrogens (tertiary/aromatic N) is 1. The van der Waals surface area contributed by atoms with E-state index in [1.54, 1.807) is 11.8 Å². The lowest BCUT2D eigenvalue weighted by Gasteiger charge is -2.35. The monoisotopic (exact) mass is 411 g/mol. The lowest BCUT2D eigenvalue weighted by atomic mass is 9.96. The van der Waals surface area contributed by atoms with Crippen LogP contribution >= 0.6 is 11.8 Å². The summed E-state index contributed by atoms with van der Waals surface area (Å²) in [7, 11) is 0. The van der Waals surface area contributed by atoms with Crippen molar-refractivity contribution in [2.24, 2.45) is 4.99 Å². The third-order valence-electron chi connectivity index (χ3n) is 5.30. The minimum absolute atomic E-state index is 0.00918. The van der Waals surface area contributed by atoms with Crippen LogP contribution in [0.1, 0.15) is 34.9 Å². The second kappa shape index (κ2) is 6.98. The summed E-state index contributed by atoms with van der Waals surface area (Å²) >= 11 is 1.68. The molecule has 29 heavy (non-hydrogen) atoms. The Bertz CT molecular complexity index is 1070. The van der Waals surface area contributed by atoms with E-state index in [1.807, 2.05) is 38.2 Å². The van der Waals surface area contributed by atoms with Crippen LogP contribution in [-0.2, 0) is 4.79 Å². The number of aliphatic imine (C=N–C) groups is 1. The number of amidine groups is 1. The molecular formula is C21H20FN4O2S+. The van der Waals surface area contributed by atoms with Gasteiger partial charge in [0.2, 0.25) is 0 Å². The van der Waals surface area contributed by atoms with Gasteiger partial charge in [0.15, 0.2) is 6.61 Å². The predicted octanol–water partition coefficient (Wildman–Crippen LogP) is 2.61. The number of ether oxygens (including phenoxy) is 1. The molecule has 6 nitrogen and oxygen atoms in total. The largest absolute Gasteiger partial charge is 0.481 e. The third kappa shape index (κ3) is 3.23. The van der Waals surface area contributed by atoms with E-state index in [4.69, 9.17) is 4.74 Å². The summed E-state index contributed by atoms with van der Waals surface area (Å²) < 4.78 is 19.1. The molecule has 0 bridgehead atoms. The number of carbonyl (C=O) groups is 1. The molecule has 1 amide bonds. The molecule has 3 aliphatic heterocycles. The van der Waals surface area contributed by atoms with Gasteiger partial charge in [0.05, 0.1) is 23.2 Å². The van der Waals surface area contributed by atoms with Crippen molar-refractivity contribution in [2.75, 3.05) is 11.9 Å². The zero-order chi connectivity index (χ0) is 20.1. The molecule has 148 valence electrons. The lowest BCUT2D eigenvalue weighted by Crippen LogP contribution is -3.18. The standard InChI is InChI=1S/C21H19FN4O2S/c1-11-7-14(8-16-19(11)28-10-17(27)24-16)20-18(13-3-5-15(22)6-4-13)25-26-12(2)9-23-21(26)29-20/h3-9,18,20,25H,10H2,1-2H3,(H,24,27)/p+1. The van der Waals surface area contributed by atoms with E-state index in [9.17, 15) is 9.18 Å². The van der Waals surface area contributed by atoms with Crippen molar-refractivity contribution in [3.63, 3.8) is 0 Å². The summed E-state index contributed by atoms with van der Waals surface area (Å²) in [4.78, 5) is 16.4. The number of halogens is 1. The quantitative estimate of drug-likeness (QED) is 0.711. The van der Waals surface area contributed by atoms with Crippen molar-refractivity contribution in [3.8, 4) is 5.75 Å². The Kier molecular flexibility index (Phi) is 4.42. The molecule has 0 aliphatic carbocycles. The molecule has 5 rings (SSSR count). The van der Waals surface area contributed by atoms with E-state index in [0.717, 1.165) is 32.6 Å². The predicted molar refractivity (Wildman–Crippen MR) is 110 cm³/mol. The summed E-state index contributed by atoms with van der Waals surface area (Å²) in [6, 6.07) is 10.6. The number of benzene rings is 2. The number of quaternary nitrogens is 1. The molecule has 2 aromatic rings. The number of carbonyl (C=O) groups excluding carboxylic acids is 1. The highest BCUT2D eigenvalue weighted by Crippen LogP contribution is 2.45. The first-order valence-corrected chi connectivity index (χ1v) is 10.3. The summed E-state index contributed by atoms with van der Waals surface area (Å²) in [5, 5.41) is 4.86.